The number of carbonyl (C=O) groups excluding carboxylic acids is 16. The highest BCUT2D eigenvalue weighted by molar-refractivity contribution is 6.02. The average Bonchev–Trinajstić information content (AvgIpc) is 1.62. The van der Waals surface area contributed by atoms with E-state index in [1.165, 1.54) is 6.20 Å². The van der Waals surface area contributed by atoms with E-state index in [0.29, 0.717) is 46.1 Å². The Hall–Kier alpha value is -13.1. The van der Waals surface area contributed by atoms with Crippen molar-refractivity contribution in [2.45, 2.75) is 229 Å². The van der Waals surface area contributed by atoms with Crippen LogP contribution in [0.5, 0.6) is 0 Å². The topological polar surface area (TPSA) is 698 Å². The summed E-state index contributed by atoms with van der Waals surface area (Å²) in [6.45, 7) is 4.88. The number of primary amides is 2. The summed E-state index contributed by atoms with van der Waals surface area (Å²) in [6, 6.07) is -8.70. The van der Waals surface area contributed by atoms with E-state index in [0.717, 1.165) is 59.3 Å². The summed E-state index contributed by atoms with van der Waals surface area (Å²) < 4.78 is 5.87. The number of esters is 1. The molecule has 0 bridgehead atoms. The van der Waals surface area contributed by atoms with Gasteiger partial charge in [0.15, 0.2) is 0 Å². The predicted octanol–water partition coefficient (Wildman–Crippen LogP) is -3.84. The van der Waals surface area contributed by atoms with Gasteiger partial charge in [0.1, 0.15) is 72.6 Å². The maximum atomic E-state index is 15.1. The second kappa shape index (κ2) is 48.6. The van der Waals surface area contributed by atoms with Gasteiger partial charge in [-0.15, -0.1) is 0 Å². The van der Waals surface area contributed by atoms with Gasteiger partial charge in [-0.3, -0.25) is 91.1 Å². The third-order valence-electron chi connectivity index (χ3n) is 19.6. The van der Waals surface area contributed by atoms with Crippen molar-refractivity contribution >= 4 is 140 Å². The molecule has 0 aliphatic carbocycles. The van der Waals surface area contributed by atoms with Gasteiger partial charge in [-0.05, 0) is 74.8 Å². The van der Waals surface area contributed by atoms with Crippen molar-refractivity contribution < 1.29 is 121 Å². The molecule has 43 heteroatoms. The molecule has 5 rings (SSSR count). The number of carboxylic acids is 4. The Balaban J connectivity index is 1.60. The average molecular weight is 1690 g/mol. The van der Waals surface area contributed by atoms with Crippen molar-refractivity contribution in [2.75, 3.05) is 19.6 Å². The lowest BCUT2D eigenvalue weighted by Gasteiger charge is -2.30. The SMILES string of the molecule is CCC(C)CCCCCCCCC(=O)NC(Cc1c[nH]c2ccccc12)C(=O)NC(CC(N)=O)C(=O)NC(CC(=O)O)C(=O)NC1C(=O)NCC(=O)NC(CCCN)C(=O)NC(CC(=O)O)C(=O)NC(C)C(=O)NC(CC(=O)O)C(=O)NCC(=O)NC(CC(N)=O)C(=O)NC(C(C)CC(=O)O)C(=O)NC(Cc2c[nH]c3ccccc23)C(=O)OC1C. The van der Waals surface area contributed by atoms with Crippen molar-refractivity contribution in [1.82, 2.24) is 79.1 Å². The van der Waals surface area contributed by atoms with Gasteiger partial charge in [0.05, 0.1) is 51.6 Å². The Morgan fingerprint density at radius 1 is 0.500 bits per heavy atom. The number of hydrogen-bond donors (Lipinski definition) is 22. The number of amides is 15. The number of unbranched alkanes of at least 4 members (excludes halogenated alkanes) is 5. The number of hydrogen-bond acceptors (Lipinski definition) is 22. The highest BCUT2D eigenvalue weighted by atomic mass is 16.5. The molecule has 120 heavy (non-hydrogen) atoms. The number of fused-ring (bicyclic) bond motifs is 2. The van der Waals surface area contributed by atoms with Crippen LogP contribution >= 0.6 is 0 Å². The first-order valence-electron chi connectivity index (χ1n) is 39.1. The summed E-state index contributed by atoms with van der Waals surface area (Å²) >= 11 is 0. The van der Waals surface area contributed by atoms with Crippen molar-refractivity contribution in [3.8, 4) is 0 Å². The molecule has 3 heterocycles. The molecular weight excluding hydrogens is 1580 g/mol. The number of cyclic esters (lactones) is 1. The molecule has 14 atom stereocenters. The summed E-state index contributed by atoms with van der Waals surface area (Å²) in [5.41, 5.74) is 18.7. The number of H-pyrrole nitrogens is 2. The number of nitrogens with two attached hydrogens (primary N) is 3. The fourth-order valence-electron chi connectivity index (χ4n) is 12.9. The smallest absolute Gasteiger partial charge is 0.329 e. The van der Waals surface area contributed by atoms with Crippen LogP contribution in [0.3, 0.4) is 0 Å². The first-order valence-corrected chi connectivity index (χ1v) is 39.1. The van der Waals surface area contributed by atoms with Crippen LogP contribution in [0.15, 0.2) is 60.9 Å². The Bertz CT molecular complexity index is 4380. The van der Waals surface area contributed by atoms with Gasteiger partial charge in [0, 0.05) is 53.5 Å². The van der Waals surface area contributed by atoms with Crippen LogP contribution in [-0.2, 0) is 113 Å². The highest BCUT2D eigenvalue weighted by Crippen LogP contribution is 2.23. The van der Waals surface area contributed by atoms with E-state index in [1.807, 2.05) is 10.6 Å². The van der Waals surface area contributed by atoms with Gasteiger partial charge in [-0.2, -0.15) is 0 Å². The molecule has 656 valence electrons. The van der Waals surface area contributed by atoms with Crippen LogP contribution in [0.4, 0.5) is 0 Å². The third kappa shape index (κ3) is 32.8. The minimum Gasteiger partial charge on any atom is -0.481 e. The Labute approximate surface area is 687 Å². The lowest BCUT2D eigenvalue weighted by atomic mass is 9.95. The lowest BCUT2D eigenvalue weighted by molar-refractivity contribution is -0.156. The van der Waals surface area contributed by atoms with Gasteiger partial charge in [-0.25, -0.2) is 4.79 Å². The standard InChI is InChI=1S/C77H108N18O25/c1-6-38(2)18-11-9-7-8-10-12-24-58(98)87-49(27-42-34-81-46-21-15-13-19-44(42)46)71(113)90-51(30-57(80)97)72(114)92-54(33-64(107)108)74(116)95-66-41(5)120-77(119)55(28-43-35-82-47-22-16-14-20-45(43)47)93-76(118)65(39(3)26-61(101)102)94-73(115)50(29-56(79)96)88-60(100)36-83-68(110)52(31-62(103)104)89-67(109)40(4)85-70(112)53(32-63(105)106)91-69(111)48(23-17-25-78)86-59(99)37-84-75(66)117/h13-16,19-22,34-35,38-41,48-55,65-66,81-82H,6-12,17-18,23-33,36-37,78H2,1-5H3,(H2,79,96)(H2,80,97)(H,83,110)(H,84,117)(H,85,112)(H,86,99)(H,87,98)(H,88,100)(H,89,109)(H,90,113)(H,91,111)(H,92,114)(H,93,118)(H,94,115)(H,95,116)(H,101,102)(H,103,104)(H,105,106)(H,107,108). The Morgan fingerprint density at radius 2 is 1.00 bits per heavy atom. The molecule has 4 aromatic rings. The van der Waals surface area contributed by atoms with E-state index < -0.39 is 255 Å². The first-order chi connectivity index (χ1) is 56.8. The molecule has 2 aromatic carbocycles. The molecule has 14 unspecified atom stereocenters. The van der Waals surface area contributed by atoms with Gasteiger partial charge >= 0.3 is 29.8 Å². The van der Waals surface area contributed by atoms with Crippen molar-refractivity contribution in [1.29, 1.82) is 0 Å². The van der Waals surface area contributed by atoms with E-state index in [9.17, 15) is 112 Å². The summed E-state index contributed by atoms with van der Waals surface area (Å²) in [5, 5.41) is 69.8. The second-order valence-electron chi connectivity index (χ2n) is 29.4. The third-order valence-corrected chi connectivity index (χ3v) is 19.6. The quantitative estimate of drug-likeness (QED) is 0.0152. The predicted molar refractivity (Wildman–Crippen MR) is 423 cm³/mol. The lowest BCUT2D eigenvalue weighted by Crippen LogP contribution is -2.62. The molecule has 1 aliphatic heterocycles. The number of rotatable bonds is 37. The molecule has 43 nitrogen and oxygen atoms in total. The molecule has 0 radical (unpaired) electrons. The summed E-state index contributed by atoms with van der Waals surface area (Å²) in [6.07, 6.45) is 0.0779. The molecular formula is C77H108N18O25. The number of aromatic nitrogens is 2. The number of carboxylic acid groups (broad SMARTS) is 4. The monoisotopic (exact) mass is 1680 g/mol. The maximum Gasteiger partial charge on any atom is 0.329 e. The number of nitrogens with one attached hydrogen (secondary N) is 15. The molecule has 1 saturated heterocycles. The summed E-state index contributed by atoms with van der Waals surface area (Å²) in [4.78, 5) is 280. The number of aliphatic carboxylic acids is 4. The van der Waals surface area contributed by atoms with Crippen LogP contribution in [0.1, 0.15) is 155 Å². The Kier molecular flexibility index (Phi) is 39.4. The first kappa shape index (κ1) is 97.5. The van der Waals surface area contributed by atoms with Crippen molar-refractivity contribution in [3.05, 3.63) is 72.1 Å². The van der Waals surface area contributed by atoms with Crippen LogP contribution < -0.4 is 86.3 Å². The van der Waals surface area contributed by atoms with Crippen LogP contribution in [0.2, 0.25) is 0 Å². The molecule has 0 spiro atoms. The zero-order chi connectivity index (χ0) is 89.0. The fraction of sp³-hybridized carbons (Fsp3) is 0.532. The van der Waals surface area contributed by atoms with Gasteiger partial charge in [0.25, 0.3) is 0 Å². The van der Waals surface area contributed by atoms with E-state index in [1.54, 1.807) is 54.7 Å². The molecule has 1 fully saturated rings. The molecule has 0 saturated carbocycles. The zero-order valence-electron chi connectivity index (χ0n) is 67.0. The van der Waals surface area contributed by atoms with Gasteiger partial charge in [0.2, 0.25) is 88.6 Å². The normalized spacial score (nSPS) is 21.1. The number of benzene rings is 2. The van der Waals surface area contributed by atoms with E-state index >= 15 is 4.79 Å². The number of ether oxygens (including phenoxy) is 1. The highest BCUT2D eigenvalue weighted by Gasteiger charge is 2.41. The number of aromatic amines is 2. The van der Waals surface area contributed by atoms with E-state index in [-0.39, 0.29) is 37.8 Å². The van der Waals surface area contributed by atoms with Gasteiger partial charge in [-0.1, -0.05) is 102 Å². The summed E-state index contributed by atoms with van der Waals surface area (Å²) in [7, 11) is 0. The molecule has 15 amide bonds. The largest absolute Gasteiger partial charge is 0.481 e. The number of para-hydroxylation sites is 2. The molecule has 1 aliphatic rings. The van der Waals surface area contributed by atoms with Crippen molar-refractivity contribution in [3.63, 3.8) is 0 Å². The Morgan fingerprint density at radius 3 is 1.57 bits per heavy atom. The van der Waals surface area contributed by atoms with Crippen molar-refractivity contribution in [2.24, 2.45) is 29.0 Å². The fourth-order valence-corrected chi connectivity index (χ4v) is 12.9. The number of carbonyl (C=O) groups is 20. The van der Waals surface area contributed by atoms with Crippen LogP contribution in [0.25, 0.3) is 21.8 Å². The zero-order valence-corrected chi connectivity index (χ0v) is 67.0. The maximum absolute atomic E-state index is 15.1. The minimum atomic E-state index is -2.38. The van der Waals surface area contributed by atoms with E-state index in [2.05, 4.69) is 82.3 Å². The second-order valence-corrected chi connectivity index (χ2v) is 29.4. The molecule has 25 N–H and O–H groups in total. The van der Waals surface area contributed by atoms with Crippen LogP contribution in [0, 0.1) is 11.8 Å². The molecule has 2 aromatic heterocycles. The van der Waals surface area contributed by atoms with Crippen LogP contribution in [-0.4, -0.2) is 241 Å². The van der Waals surface area contributed by atoms with E-state index in [4.69, 9.17) is 21.9 Å². The van der Waals surface area contributed by atoms with Gasteiger partial charge < -0.3 is 121 Å². The summed E-state index contributed by atoms with van der Waals surface area (Å²) in [5.74, 6) is -28.6. The minimum absolute atomic E-state index is 0.00900.